The van der Waals surface area contributed by atoms with Gasteiger partial charge in [-0.05, 0) is 24.8 Å². The Kier molecular flexibility index (Phi) is 3.70. The van der Waals surface area contributed by atoms with Crippen molar-refractivity contribution >= 4 is 29.1 Å². The van der Waals surface area contributed by atoms with Crippen molar-refractivity contribution in [2.45, 2.75) is 30.6 Å². The zero-order chi connectivity index (χ0) is 10.7. The van der Waals surface area contributed by atoms with Gasteiger partial charge in [-0.2, -0.15) is 0 Å². The minimum absolute atomic E-state index is 0.448. The van der Waals surface area contributed by atoms with Crippen molar-refractivity contribution < 1.29 is 9.90 Å². The third-order valence-corrected chi connectivity index (χ3v) is 5.02. The Balaban J connectivity index is 1.84. The molecule has 0 amide bonds. The summed E-state index contributed by atoms with van der Waals surface area (Å²) < 4.78 is 0. The van der Waals surface area contributed by atoms with E-state index in [1.54, 1.807) is 17.8 Å². The van der Waals surface area contributed by atoms with Gasteiger partial charge in [-0.25, -0.2) is 4.79 Å². The zero-order valence-electron chi connectivity index (χ0n) is 8.44. The fourth-order valence-corrected chi connectivity index (χ4v) is 3.96. The van der Waals surface area contributed by atoms with Crippen molar-refractivity contribution in [3.8, 4) is 0 Å². The lowest BCUT2D eigenvalue weighted by molar-refractivity contribution is 0.0702. The van der Waals surface area contributed by atoms with Crippen molar-refractivity contribution in [2.24, 2.45) is 5.92 Å². The predicted molar refractivity (Wildman–Crippen MR) is 64.0 cm³/mol. The molecule has 1 aliphatic carbocycles. The SMILES string of the molecule is O=C(O)c1cc(SCC2CCCC2)cs1. The van der Waals surface area contributed by atoms with Gasteiger partial charge >= 0.3 is 5.97 Å². The molecule has 2 rings (SSSR count). The Morgan fingerprint density at radius 2 is 2.27 bits per heavy atom. The second kappa shape index (κ2) is 5.03. The first-order valence-corrected chi connectivity index (χ1v) is 7.07. The lowest BCUT2D eigenvalue weighted by Crippen LogP contribution is -1.95. The monoisotopic (exact) mass is 242 g/mol. The number of carbonyl (C=O) groups is 1. The van der Waals surface area contributed by atoms with Crippen LogP contribution in [0.1, 0.15) is 35.4 Å². The molecule has 1 aromatic rings. The number of thiophene rings is 1. The minimum Gasteiger partial charge on any atom is -0.477 e. The molecule has 0 radical (unpaired) electrons. The van der Waals surface area contributed by atoms with Crippen LogP contribution in [0.25, 0.3) is 0 Å². The van der Waals surface area contributed by atoms with E-state index in [1.807, 2.05) is 5.38 Å². The van der Waals surface area contributed by atoms with Gasteiger partial charge in [0, 0.05) is 16.0 Å². The highest BCUT2D eigenvalue weighted by molar-refractivity contribution is 7.99. The van der Waals surface area contributed by atoms with Crippen molar-refractivity contribution in [3.63, 3.8) is 0 Å². The van der Waals surface area contributed by atoms with Gasteiger partial charge in [-0.15, -0.1) is 23.1 Å². The predicted octanol–water partition coefficient (Wildman–Crippen LogP) is 3.73. The molecule has 1 fully saturated rings. The van der Waals surface area contributed by atoms with E-state index in [0.717, 1.165) is 16.6 Å². The van der Waals surface area contributed by atoms with Crippen LogP contribution >= 0.6 is 23.1 Å². The summed E-state index contributed by atoms with van der Waals surface area (Å²) in [6.07, 6.45) is 5.44. The van der Waals surface area contributed by atoms with Gasteiger partial charge in [0.15, 0.2) is 0 Å². The van der Waals surface area contributed by atoms with E-state index in [4.69, 9.17) is 5.11 Å². The van der Waals surface area contributed by atoms with Crippen molar-refractivity contribution in [1.82, 2.24) is 0 Å². The van der Waals surface area contributed by atoms with Crippen LogP contribution in [0.5, 0.6) is 0 Å². The number of hydrogen-bond acceptors (Lipinski definition) is 3. The first-order chi connectivity index (χ1) is 7.25. The number of carboxylic acid groups (broad SMARTS) is 1. The molecule has 1 aliphatic rings. The summed E-state index contributed by atoms with van der Waals surface area (Å²) in [5.74, 6) is 1.19. The Hall–Kier alpha value is -0.480. The number of hydrogen-bond donors (Lipinski definition) is 1. The zero-order valence-corrected chi connectivity index (χ0v) is 10.1. The fraction of sp³-hybridized carbons (Fsp3) is 0.545. The van der Waals surface area contributed by atoms with Crippen LogP contribution in [0.4, 0.5) is 0 Å². The van der Waals surface area contributed by atoms with Gasteiger partial charge in [0.1, 0.15) is 4.88 Å². The normalized spacial score (nSPS) is 17.1. The van der Waals surface area contributed by atoms with Crippen molar-refractivity contribution in [3.05, 3.63) is 16.3 Å². The molecule has 0 unspecified atom stereocenters. The molecule has 4 heteroatoms. The molecule has 2 nitrogen and oxygen atoms in total. The molecule has 15 heavy (non-hydrogen) atoms. The standard InChI is InChI=1S/C11H14O2S2/c12-11(13)10-5-9(7-15-10)14-6-8-3-1-2-4-8/h5,7-8H,1-4,6H2,(H,12,13). The third kappa shape index (κ3) is 2.98. The summed E-state index contributed by atoms with van der Waals surface area (Å²) >= 11 is 3.12. The second-order valence-electron chi connectivity index (χ2n) is 3.91. The van der Waals surface area contributed by atoms with Crippen LogP contribution in [0.15, 0.2) is 16.3 Å². The highest BCUT2D eigenvalue weighted by Gasteiger charge is 2.15. The van der Waals surface area contributed by atoms with Crippen molar-refractivity contribution in [2.75, 3.05) is 5.75 Å². The quantitative estimate of drug-likeness (QED) is 0.817. The lowest BCUT2D eigenvalue weighted by Gasteiger charge is -2.06. The maximum atomic E-state index is 10.7. The molecule has 0 aliphatic heterocycles. The van der Waals surface area contributed by atoms with Crippen LogP contribution in [0.3, 0.4) is 0 Å². The highest BCUT2D eigenvalue weighted by atomic mass is 32.2. The van der Waals surface area contributed by atoms with E-state index in [9.17, 15) is 4.79 Å². The van der Waals surface area contributed by atoms with Crippen LogP contribution < -0.4 is 0 Å². The lowest BCUT2D eigenvalue weighted by atomic mass is 10.1. The van der Waals surface area contributed by atoms with Crippen LogP contribution in [0.2, 0.25) is 0 Å². The molecule has 0 bridgehead atoms. The number of carboxylic acids is 1. The molecule has 1 aromatic heterocycles. The van der Waals surface area contributed by atoms with Gasteiger partial charge in [0.25, 0.3) is 0 Å². The molecule has 0 saturated heterocycles. The Labute approximate surface area is 97.7 Å². The summed E-state index contributed by atoms with van der Waals surface area (Å²) in [5.41, 5.74) is 0. The average molecular weight is 242 g/mol. The van der Waals surface area contributed by atoms with E-state index in [-0.39, 0.29) is 0 Å². The van der Waals surface area contributed by atoms with E-state index in [2.05, 4.69) is 0 Å². The summed E-state index contributed by atoms with van der Waals surface area (Å²) in [6, 6.07) is 1.78. The highest BCUT2D eigenvalue weighted by Crippen LogP contribution is 2.32. The van der Waals surface area contributed by atoms with E-state index >= 15 is 0 Å². The van der Waals surface area contributed by atoms with Gasteiger partial charge < -0.3 is 5.11 Å². The summed E-state index contributed by atoms with van der Waals surface area (Å²) in [4.78, 5) is 12.2. The van der Waals surface area contributed by atoms with Gasteiger partial charge in [0.05, 0.1) is 0 Å². The summed E-state index contributed by atoms with van der Waals surface area (Å²) in [7, 11) is 0. The Morgan fingerprint density at radius 3 is 2.87 bits per heavy atom. The Bertz CT molecular complexity index is 340. The smallest absolute Gasteiger partial charge is 0.345 e. The van der Waals surface area contributed by atoms with Crippen molar-refractivity contribution in [1.29, 1.82) is 0 Å². The molecular weight excluding hydrogens is 228 g/mol. The molecular formula is C11H14O2S2. The van der Waals surface area contributed by atoms with Crippen LogP contribution in [-0.2, 0) is 0 Å². The molecule has 0 spiro atoms. The Morgan fingerprint density at radius 1 is 1.53 bits per heavy atom. The summed E-state index contributed by atoms with van der Waals surface area (Å²) in [6.45, 7) is 0. The first kappa shape index (κ1) is 11.0. The number of rotatable bonds is 4. The molecule has 0 atom stereocenters. The summed E-state index contributed by atoms with van der Waals surface area (Å²) in [5, 5.41) is 10.7. The van der Waals surface area contributed by atoms with E-state index < -0.39 is 5.97 Å². The first-order valence-electron chi connectivity index (χ1n) is 5.20. The topological polar surface area (TPSA) is 37.3 Å². The average Bonchev–Trinajstić information content (AvgIpc) is 2.86. The largest absolute Gasteiger partial charge is 0.477 e. The van der Waals surface area contributed by atoms with Crippen LogP contribution in [-0.4, -0.2) is 16.8 Å². The fourth-order valence-electron chi connectivity index (χ4n) is 1.90. The third-order valence-electron chi connectivity index (χ3n) is 2.75. The molecule has 1 heterocycles. The number of thioether (sulfide) groups is 1. The van der Waals surface area contributed by atoms with Gasteiger partial charge in [0.2, 0.25) is 0 Å². The molecule has 1 N–H and O–H groups in total. The maximum Gasteiger partial charge on any atom is 0.345 e. The van der Waals surface area contributed by atoms with E-state index in [0.29, 0.717) is 4.88 Å². The van der Waals surface area contributed by atoms with Gasteiger partial charge in [-0.1, -0.05) is 12.8 Å². The van der Waals surface area contributed by atoms with E-state index in [1.165, 1.54) is 37.0 Å². The maximum absolute atomic E-state index is 10.7. The number of aromatic carboxylic acids is 1. The molecule has 82 valence electrons. The molecule has 1 saturated carbocycles. The minimum atomic E-state index is -0.812. The van der Waals surface area contributed by atoms with Gasteiger partial charge in [-0.3, -0.25) is 0 Å². The molecule has 0 aromatic carbocycles. The second-order valence-corrected chi connectivity index (χ2v) is 5.92. The van der Waals surface area contributed by atoms with Crippen LogP contribution in [0, 0.1) is 5.92 Å².